The molecule has 0 heterocycles. The third-order valence-electron chi connectivity index (χ3n) is 3.68. The van der Waals surface area contributed by atoms with Crippen molar-refractivity contribution in [3.8, 4) is 0 Å². The van der Waals surface area contributed by atoms with Gasteiger partial charge in [0.05, 0.1) is 6.10 Å². The van der Waals surface area contributed by atoms with Crippen LogP contribution in [0.1, 0.15) is 41.0 Å². The first kappa shape index (κ1) is 11.0. The molecule has 0 aromatic rings. The van der Waals surface area contributed by atoms with Crippen LogP contribution in [0.5, 0.6) is 0 Å². The van der Waals surface area contributed by atoms with Crippen molar-refractivity contribution in [3.05, 3.63) is 0 Å². The summed E-state index contributed by atoms with van der Waals surface area (Å²) in [5.74, 6) is 0.661. The van der Waals surface area contributed by atoms with E-state index in [0.29, 0.717) is 18.0 Å². The van der Waals surface area contributed by atoms with Crippen molar-refractivity contribution in [2.45, 2.75) is 59.2 Å². The Kier molecular flexibility index (Phi) is 3.03. The molecule has 0 bridgehead atoms. The first-order valence-corrected chi connectivity index (χ1v) is 5.29. The molecule has 1 aliphatic carbocycles. The van der Waals surface area contributed by atoms with Gasteiger partial charge < -0.3 is 10.4 Å². The Balaban J connectivity index is 2.40. The first-order chi connectivity index (χ1) is 5.85. The highest BCUT2D eigenvalue weighted by molar-refractivity contribution is 5.02. The largest absolute Gasteiger partial charge is 0.392 e. The lowest BCUT2D eigenvalue weighted by molar-refractivity contribution is -0.0767. The van der Waals surface area contributed by atoms with Crippen molar-refractivity contribution >= 4 is 0 Å². The fraction of sp³-hybridized carbons (Fsp3) is 1.00. The fourth-order valence-electron chi connectivity index (χ4n) is 1.70. The lowest BCUT2D eigenvalue weighted by atomic mass is 9.64. The van der Waals surface area contributed by atoms with Crippen LogP contribution in [-0.2, 0) is 0 Å². The molecule has 0 radical (unpaired) electrons. The van der Waals surface area contributed by atoms with E-state index in [4.69, 9.17) is 0 Å². The van der Waals surface area contributed by atoms with Gasteiger partial charge in [-0.25, -0.2) is 0 Å². The summed E-state index contributed by atoms with van der Waals surface area (Å²) in [6.45, 7) is 10.9. The normalized spacial score (nSPS) is 34.4. The average molecular weight is 185 g/mol. The van der Waals surface area contributed by atoms with E-state index in [1.165, 1.54) is 0 Å². The van der Waals surface area contributed by atoms with Crippen molar-refractivity contribution in [1.82, 2.24) is 5.32 Å². The van der Waals surface area contributed by atoms with E-state index in [2.05, 4.69) is 39.9 Å². The minimum atomic E-state index is -0.121. The topological polar surface area (TPSA) is 32.3 Å². The third-order valence-corrected chi connectivity index (χ3v) is 3.68. The van der Waals surface area contributed by atoms with Crippen molar-refractivity contribution in [1.29, 1.82) is 0 Å². The summed E-state index contributed by atoms with van der Waals surface area (Å²) in [4.78, 5) is 0. The lowest BCUT2D eigenvalue weighted by Gasteiger charge is -2.51. The molecule has 2 heteroatoms. The Morgan fingerprint density at radius 3 is 2.15 bits per heavy atom. The summed E-state index contributed by atoms with van der Waals surface area (Å²) in [5, 5.41) is 13.1. The maximum atomic E-state index is 9.56. The molecule has 0 amide bonds. The lowest BCUT2D eigenvalue weighted by Crippen LogP contribution is -2.62. The third kappa shape index (κ3) is 2.05. The van der Waals surface area contributed by atoms with E-state index in [9.17, 15) is 5.11 Å². The molecule has 2 N–H and O–H groups in total. The minimum Gasteiger partial charge on any atom is -0.392 e. The number of aliphatic hydroxyl groups is 1. The molecule has 0 aliphatic heterocycles. The molecule has 0 aromatic carbocycles. The smallest absolute Gasteiger partial charge is 0.0621 e. The molecule has 1 rings (SSSR count). The molecule has 1 fully saturated rings. The van der Waals surface area contributed by atoms with Gasteiger partial charge in [-0.2, -0.15) is 0 Å². The summed E-state index contributed by atoms with van der Waals surface area (Å²) >= 11 is 0. The van der Waals surface area contributed by atoms with Crippen molar-refractivity contribution in [2.75, 3.05) is 0 Å². The Morgan fingerprint density at radius 2 is 1.85 bits per heavy atom. The van der Waals surface area contributed by atoms with Gasteiger partial charge in [-0.1, -0.05) is 27.7 Å². The monoisotopic (exact) mass is 185 g/mol. The summed E-state index contributed by atoms with van der Waals surface area (Å²) in [5.41, 5.74) is 0.0587. The maximum Gasteiger partial charge on any atom is 0.0621 e. The van der Waals surface area contributed by atoms with Crippen LogP contribution in [0.4, 0.5) is 0 Å². The number of nitrogens with one attached hydrogen (secondary N) is 1. The zero-order valence-corrected chi connectivity index (χ0v) is 9.46. The highest BCUT2D eigenvalue weighted by atomic mass is 16.3. The van der Waals surface area contributed by atoms with Crippen molar-refractivity contribution < 1.29 is 5.11 Å². The number of aliphatic hydroxyl groups excluding tert-OH is 1. The van der Waals surface area contributed by atoms with Gasteiger partial charge in [-0.15, -0.1) is 0 Å². The van der Waals surface area contributed by atoms with E-state index in [1.807, 2.05) is 0 Å². The molecule has 0 aromatic heterocycles. The zero-order valence-electron chi connectivity index (χ0n) is 9.46. The van der Waals surface area contributed by atoms with Gasteiger partial charge in [0.25, 0.3) is 0 Å². The van der Waals surface area contributed by atoms with Gasteiger partial charge in [0.2, 0.25) is 0 Å². The highest BCUT2D eigenvalue weighted by Crippen LogP contribution is 2.40. The zero-order chi connectivity index (χ0) is 10.2. The molecule has 1 saturated carbocycles. The van der Waals surface area contributed by atoms with E-state index in [0.717, 1.165) is 6.42 Å². The molecular formula is C11H23NO. The highest BCUT2D eigenvalue weighted by Gasteiger charge is 2.47. The van der Waals surface area contributed by atoms with Crippen LogP contribution >= 0.6 is 0 Å². The van der Waals surface area contributed by atoms with Crippen LogP contribution in [0.2, 0.25) is 0 Å². The van der Waals surface area contributed by atoms with Crippen LogP contribution in [0, 0.1) is 11.3 Å². The molecular weight excluding hydrogens is 162 g/mol. The van der Waals surface area contributed by atoms with Gasteiger partial charge in [0.1, 0.15) is 0 Å². The van der Waals surface area contributed by atoms with Crippen molar-refractivity contribution in [2.24, 2.45) is 11.3 Å². The van der Waals surface area contributed by atoms with Crippen LogP contribution in [0.25, 0.3) is 0 Å². The van der Waals surface area contributed by atoms with Crippen LogP contribution in [0.15, 0.2) is 0 Å². The van der Waals surface area contributed by atoms with E-state index in [1.54, 1.807) is 0 Å². The number of hydrogen-bond acceptors (Lipinski definition) is 2. The summed E-state index contributed by atoms with van der Waals surface area (Å²) in [6.07, 6.45) is 0.786. The van der Waals surface area contributed by atoms with Crippen LogP contribution in [-0.4, -0.2) is 23.3 Å². The molecule has 2 nitrogen and oxygen atoms in total. The second kappa shape index (κ2) is 3.58. The molecule has 3 atom stereocenters. The van der Waals surface area contributed by atoms with E-state index < -0.39 is 0 Å². The maximum absolute atomic E-state index is 9.56. The molecule has 0 saturated heterocycles. The van der Waals surface area contributed by atoms with Gasteiger partial charge in [0, 0.05) is 17.5 Å². The Bertz CT molecular complexity index is 177. The number of hydrogen-bond donors (Lipinski definition) is 2. The summed E-state index contributed by atoms with van der Waals surface area (Å²) in [6, 6.07) is 1.02. The SMILES string of the molecule is CC(C)C(C)NC1CC(O)C1(C)C. The molecule has 1 aliphatic rings. The molecule has 78 valence electrons. The van der Waals surface area contributed by atoms with Gasteiger partial charge >= 0.3 is 0 Å². The van der Waals surface area contributed by atoms with Crippen LogP contribution in [0.3, 0.4) is 0 Å². The minimum absolute atomic E-state index is 0.0587. The van der Waals surface area contributed by atoms with E-state index in [-0.39, 0.29) is 11.5 Å². The van der Waals surface area contributed by atoms with E-state index >= 15 is 0 Å². The van der Waals surface area contributed by atoms with Gasteiger partial charge in [-0.05, 0) is 19.3 Å². The predicted molar refractivity (Wildman–Crippen MR) is 55.6 cm³/mol. The summed E-state index contributed by atoms with van der Waals surface area (Å²) < 4.78 is 0. The molecule has 3 unspecified atom stereocenters. The molecule has 0 spiro atoms. The Labute approximate surface area is 81.7 Å². The number of rotatable bonds is 3. The Hall–Kier alpha value is -0.0800. The predicted octanol–water partition coefficient (Wildman–Crippen LogP) is 1.78. The molecule has 13 heavy (non-hydrogen) atoms. The first-order valence-electron chi connectivity index (χ1n) is 5.29. The second-order valence-electron chi connectivity index (χ2n) is 5.32. The van der Waals surface area contributed by atoms with Crippen molar-refractivity contribution in [3.63, 3.8) is 0 Å². The Morgan fingerprint density at radius 1 is 1.31 bits per heavy atom. The fourth-order valence-corrected chi connectivity index (χ4v) is 1.70. The van der Waals surface area contributed by atoms with Gasteiger partial charge in [0.15, 0.2) is 0 Å². The quantitative estimate of drug-likeness (QED) is 0.702. The van der Waals surface area contributed by atoms with Gasteiger partial charge in [-0.3, -0.25) is 0 Å². The van der Waals surface area contributed by atoms with Crippen LogP contribution < -0.4 is 5.32 Å². The standard InChI is InChI=1S/C11H23NO/c1-7(2)8(3)12-9-6-10(13)11(9,4)5/h7-10,12-13H,6H2,1-5H3. The average Bonchev–Trinajstić information content (AvgIpc) is 2.03. The second-order valence-corrected chi connectivity index (χ2v) is 5.32. The summed E-state index contributed by atoms with van der Waals surface area (Å²) in [7, 11) is 0.